The largest absolute Gasteiger partial charge is 0.458 e. The number of ketones is 1. The first-order valence-electron chi connectivity index (χ1n) is 13.3. The van der Waals surface area contributed by atoms with Crippen molar-refractivity contribution in [3.63, 3.8) is 0 Å². The number of rotatable bonds is 4. The number of fused-ring (bicyclic) bond motifs is 4. The molecule has 0 spiro atoms. The number of hydrogen-bond donors (Lipinski definition) is 0. The molecule has 2 aromatic rings. The fourth-order valence-corrected chi connectivity index (χ4v) is 7.68. The van der Waals surface area contributed by atoms with Gasteiger partial charge in [-0.2, -0.15) is 0 Å². The predicted molar refractivity (Wildman–Crippen MR) is 138 cm³/mol. The Kier molecular flexibility index (Phi) is 5.78. The van der Waals surface area contributed by atoms with Crippen LogP contribution < -0.4 is 0 Å². The number of carbonyl (C=O) groups is 3. The maximum Gasteiger partial charge on any atom is 0.338 e. The van der Waals surface area contributed by atoms with Gasteiger partial charge in [0.15, 0.2) is 5.78 Å². The molecule has 0 aliphatic heterocycles. The van der Waals surface area contributed by atoms with Gasteiger partial charge in [0.25, 0.3) is 0 Å². The second-order valence-corrected chi connectivity index (χ2v) is 11.2. The van der Waals surface area contributed by atoms with Gasteiger partial charge in [-0.05, 0) is 85.3 Å². The average Bonchev–Trinajstić information content (AvgIpc) is 3.24. The summed E-state index contributed by atoms with van der Waals surface area (Å²) in [6, 6.07) is 17.3. The first-order chi connectivity index (χ1) is 17.5. The molecule has 0 aromatic heterocycles. The van der Waals surface area contributed by atoms with Gasteiger partial charge in [-0.1, -0.05) is 55.0 Å². The summed E-state index contributed by atoms with van der Waals surface area (Å²) < 4.78 is 6.23. The van der Waals surface area contributed by atoms with E-state index in [1.165, 1.54) is 22.3 Å². The van der Waals surface area contributed by atoms with Crippen molar-refractivity contribution < 1.29 is 19.1 Å². The zero-order chi connectivity index (χ0) is 24.9. The van der Waals surface area contributed by atoms with Crippen LogP contribution in [0.3, 0.4) is 0 Å². The van der Waals surface area contributed by atoms with Crippen molar-refractivity contribution in [3.8, 4) is 0 Å². The molecule has 184 valence electrons. The van der Waals surface area contributed by atoms with E-state index in [9.17, 15) is 14.4 Å². The summed E-state index contributed by atoms with van der Waals surface area (Å²) in [5, 5.41) is 0. The van der Waals surface area contributed by atoms with Gasteiger partial charge < -0.3 is 4.74 Å². The molecule has 4 aliphatic rings. The van der Waals surface area contributed by atoms with Gasteiger partial charge in [-0.15, -0.1) is 0 Å². The summed E-state index contributed by atoms with van der Waals surface area (Å²) in [5.41, 5.74) is 6.52. The minimum Gasteiger partial charge on any atom is -0.458 e. The summed E-state index contributed by atoms with van der Waals surface area (Å²) in [4.78, 5) is 36.6. The molecule has 0 saturated heterocycles. The lowest BCUT2D eigenvalue weighted by Gasteiger charge is -2.52. The molecule has 0 amide bonds. The van der Waals surface area contributed by atoms with Crippen LogP contribution in [0.4, 0.5) is 0 Å². The monoisotopic (exact) mass is 480 g/mol. The van der Waals surface area contributed by atoms with Gasteiger partial charge in [-0.25, -0.2) is 4.79 Å². The number of aldehydes is 1. The van der Waals surface area contributed by atoms with Gasteiger partial charge in [0.2, 0.25) is 0 Å². The van der Waals surface area contributed by atoms with Gasteiger partial charge in [-0.3, -0.25) is 9.59 Å². The summed E-state index contributed by atoms with van der Waals surface area (Å²) in [5.74, 6) is 1.09. The summed E-state index contributed by atoms with van der Waals surface area (Å²) in [6.45, 7) is 2.33. The SMILES string of the molecule is C[C@]12C[C@H](c3ccc(C=O)cc3)C3=C4CCC(=O)C=C4CC[C@H]3[C@@H]1CC[C@@H]2OC(=O)c1ccccc1. The fraction of sp³-hybridized carbons (Fsp3) is 0.406. The van der Waals surface area contributed by atoms with Crippen LogP contribution in [0.1, 0.15) is 84.1 Å². The zero-order valence-corrected chi connectivity index (χ0v) is 20.7. The molecule has 4 heteroatoms. The lowest BCUT2D eigenvalue weighted by atomic mass is 9.53. The van der Waals surface area contributed by atoms with Crippen LogP contribution in [0, 0.1) is 17.3 Å². The minimum absolute atomic E-state index is 0.122. The van der Waals surface area contributed by atoms with Gasteiger partial charge in [0.05, 0.1) is 5.56 Å². The van der Waals surface area contributed by atoms with E-state index < -0.39 is 0 Å². The molecule has 2 fully saturated rings. The van der Waals surface area contributed by atoms with E-state index in [0.717, 1.165) is 44.8 Å². The highest BCUT2D eigenvalue weighted by molar-refractivity contribution is 5.93. The molecule has 2 aromatic carbocycles. The van der Waals surface area contributed by atoms with Crippen LogP contribution in [0.25, 0.3) is 0 Å². The Balaban J connectivity index is 1.40. The normalized spacial score (nSPS) is 31.1. The highest BCUT2D eigenvalue weighted by atomic mass is 16.5. The first kappa shape index (κ1) is 23.1. The second-order valence-electron chi connectivity index (χ2n) is 11.2. The Bertz CT molecular complexity index is 1270. The maximum absolute atomic E-state index is 13.0. The quantitative estimate of drug-likeness (QED) is 0.364. The molecule has 0 N–H and O–H groups in total. The molecule has 5 atom stereocenters. The van der Waals surface area contributed by atoms with Gasteiger partial charge >= 0.3 is 5.97 Å². The first-order valence-corrected chi connectivity index (χ1v) is 13.3. The van der Waals surface area contributed by atoms with E-state index in [2.05, 4.69) is 19.1 Å². The van der Waals surface area contributed by atoms with Crippen LogP contribution in [0.2, 0.25) is 0 Å². The van der Waals surface area contributed by atoms with Crippen molar-refractivity contribution in [2.75, 3.05) is 0 Å². The van der Waals surface area contributed by atoms with Gasteiger partial charge in [0, 0.05) is 23.3 Å². The Morgan fingerprint density at radius 1 is 0.972 bits per heavy atom. The molecule has 6 rings (SSSR count). The third-order valence-electron chi connectivity index (χ3n) is 9.38. The summed E-state index contributed by atoms with van der Waals surface area (Å²) >= 11 is 0. The molecule has 0 radical (unpaired) electrons. The molecule has 4 aliphatic carbocycles. The number of esters is 1. The van der Waals surface area contributed by atoms with E-state index in [1.807, 2.05) is 48.5 Å². The van der Waals surface area contributed by atoms with Crippen molar-refractivity contribution in [1.82, 2.24) is 0 Å². The van der Waals surface area contributed by atoms with E-state index in [1.54, 1.807) is 0 Å². The third-order valence-corrected chi connectivity index (χ3v) is 9.38. The zero-order valence-electron chi connectivity index (χ0n) is 20.7. The molecule has 2 saturated carbocycles. The van der Waals surface area contributed by atoms with E-state index >= 15 is 0 Å². The Labute approximate surface area is 212 Å². The molecule has 4 nitrogen and oxygen atoms in total. The Morgan fingerprint density at radius 2 is 1.75 bits per heavy atom. The molecule has 0 unspecified atom stereocenters. The second kappa shape index (κ2) is 8.99. The van der Waals surface area contributed by atoms with Crippen LogP contribution >= 0.6 is 0 Å². The van der Waals surface area contributed by atoms with E-state index in [0.29, 0.717) is 29.4 Å². The molecular formula is C32H32O4. The number of allylic oxidation sites excluding steroid dienone is 4. The van der Waals surface area contributed by atoms with Crippen molar-refractivity contribution in [1.29, 1.82) is 0 Å². The smallest absolute Gasteiger partial charge is 0.338 e. The standard InChI is InChI=1S/C32H32O4/c1-32-18-27(21-9-7-20(19-33)8-10-21)30-25-14-12-24(34)17-23(25)11-13-26(30)28(32)15-16-29(32)36-31(35)22-5-3-2-4-6-22/h2-10,17,19,26-29H,11-16,18H2,1H3/t26-,27+,28-,29-,32-/m0/s1. The van der Waals surface area contributed by atoms with E-state index in [-0.39, 0.29) is 29.2 Å². The number of benzene rings is 2. The molecule has 0 bridgehead atoms. The van der Waals surface area contributed by atoms with E-state index in [4.69, 9.17) is 4.74 Å². The van der Waals surface area contributed by atoms with Crippen LogP contribution in [0.15, 0.2) is 77.4 Å². The molecular weight excluding hydrogens is 448 g/mol. The van der Waals surface area contributed by atoms with Gasteiger partial charge in [0.1, 0.15) is 12.4 Å². The third kappa shape index (κ3) is 3.78. The van der Waals surface area contributed by atoms with Crippen molar-refractivity contribution in [3.05, 3.63) is 94.1 Å². The number of ether oxygens (including phenoxy) is 1. The topological polar surface area (TPSA) is 60.4 Å². The highest BCUT2D eigenvalue weighted by Crippen LogP contribution is 2.64. The number of carbonyl (C=O) groups excluding carboxylic acids is 3. The van der Waals surface area contributed by atoms with Crippen LogP contribution in [0.5, 0.6) is 0 Å². The van der Waals surface area contributed by atoms with Crippen molar-refractivity contribution in [2.24, 2.45) is 17.3 Å². The van der Waals surface area contributed by atoms with Crippen LogP contribution in [-0.4, -0.2) is 24.1 Å². The lowest BCUT2D eigenvalue weighted by Crippen LogP contribution is -2.46. The maximum atomic E-state index is 13.0. The molecule has 36 heavy (non-hydrogen) atoms. The Hall–Kier alpha value is -3.27. The molecule has 0 heterocycles. The minimum atomic E-state index is -0.238. The fourth-order valence-electron chi connectivity index (χ4n) is 7.68. The highest BCUT2D eigenvalue weighted by Gasteiger charge is 2.58. The Morgan fingerprint density at radius 3 is 2.50 bits per heavy atom. The number of hydrogen-bond acceptors (Lipinski definition) is 4. The van der Waals surface area contributed by atoms with Crippen molar-refractivity contribution >= 4 is 18.0 Å². The summed E-state index contributed by atoms with van der Waals surface area (Å²) in [6.07, 6.45) is 8.91. The predicted octanol–water partition coefficient (Wildman–Crippen LogP) is 6.62. The van der Waals surface area contributed by atoms with Crippen molar-refractivity contribution in [2.45, 2.75) is 63.9 Å². The average molecular weight is 481 g/mol. The summed E-state index contributed by atoms with van der Waals surface area (Å²) in [7, 11) is 0. The lowest BCUT2D eigenvalue weighted by molar-refractivity contribution is -0.114. The van der Waals surface area contributed by atoms with Crippen LogP contribution in [-0.2, 0) is 9.53 Å².